The van der Waals surface area contributed by atoms with Crippen LogP contribution < -0.4 is 5.73 Å². The zero-order valence-electron chi connectivity index (χ0n) is 10.4. The highest BCUT2D eigenvalue weighted by atomic mass is 16.5. The molecular weight excluding hydrogens is 204 g/mol. The van der Waals surface area contributed by atoms with Gasteiger partial charge in [0, 0.05) is 12.6 Å². The molecule has 0 aliphatic heterocycles. The Morgan fingerprint density at radius 1 is 1.50 bits per heavy atom. The standard InChI is InChI=1S/C12H24N2O2/c1-3-4-8-14(10-5-6-10)9-7-11(13)12(15)16-2/h10-11H,3-9,13H2,1-2H3. The molecule has 0 aromatic carbocycles. The summed E-state index contributed by atoms with van der Waals surface area (Å²) in [6.45, 7) is 4.25. The van der Waals surface area contributed by atoms with E-state index in [2.05, 4.69) is 16.6 Å². The van der Waals surface area contributed by atoms with E-state index in [1.807, 2.05) is 0 Å². The van der Waals surface area contributed by atoms with Crippen molar-refractivity contribution < 1.29 is 9.53 Å². The first-order chi connectivity index (χ1) is 7.69. The third kappa shape index (κ3) is 4.49. The Labute approximate surface area is 98.1 Å². The molecule has 4 nitrogen and oxygen atoms in total. The lowest BCUT2D eigenvalue weighted by molar-refractivity contribution is -0.142. The molecule has 16 heavy (non-hydrogen) atoms. The molecule has 94 valence electrons. The third-order valence-electron chi connectivity index (χ3n) is 3.09. The SMILES string of the molecule is CCCCN(CCC(N)C(=O)OC)C1CC1. The highest BCUT2D eigenvalue weighted by molar-refractivity contribution is 5.75. The molecule has 1 atom stereocenters. The monoisotopic (exact) mass is 228 g/mol. The van der Waals surface area contributed by atoms with Crippen LogP contribution in [0.1, 0.15) is 39.0 Å². The minimum Gasteiger partial charge on any atom is -0.468 e. The lowest BCUT2D eigenvalue weighted by atomic mass is 10.2. The first-order valence-corrected chi connectivity index (χ1v) is 6.26. The Hall–Kier alpha value is -0.610. The zero-order valence-corrected chi connectivity index (χ0v) is 10.4. The Kier molecular flexibility index (Phi) is 5.77. The lowest BCUT2D eigenvalue weighted by Gasteiger charge is -2.22. The summed E-state index contributed by atoms with van der Waals surface area (Å²) in [5, 5.41) is 0. The van der Waals surface area contributed by atoms with Gasteiger partial charge in [-0.1, -0.05) is 13.3 Å². The molecule has 1 rings (SSSR count). The lowest BCUT2D eigenvalue weighted by Crippen LogP contribution is -2.37. The van der Waals surface area contributed by atoms with Crippen molar-refractivity contribution in [2.45, 2.75) is 51.1 Å². The molecule has 0 radical (unpaired) electrons. The van der Waals surface area contributed by atoms with Crippen LogP contribution in [0.3, 0.4) is 0 Å². The molecule has 0 amide bonds. The van der Waals surface area contributed by atoms with Gasteiger partial charge in [-0.15, -0.1) is 0 Å². The second-order valence-corrected chi connectivity index (χ2v) is 4.54. The van der Waals surface area contributed by atoms with Crippen molar-refractivity contribution in [3.63, 3.8) is 0 Å². The van der Waals surface area contributed by atoms with E-state index < -0.39 is 6.04 Å². The predicted octanol–water partition coefficient (Wildman–Crippen LogP) is 1.14. The van der Waals surface area contributed by atoms with Gasteiger partial charge in [0.05, 0.1) is 7.11 Å². The summed E-state index contributed by atoms with van der Waals surface area (Å²) in [5.74, 6) is -0.300. The molecule has 0 aromatic rings. The summed E-state index contributed by atoms with van der Waals surface area (Å²) in [5.41, 5.74) is 5.72. The molecule has 0 spiro atoms. The Morgan fingerprint density at radius 2 is 2.19 bits per heavy atom. The number of hydrogen-bond acceptors (Lipinski definition) is 4. The molecule has 0 bridgehead atoms. The van der Waals surface area contributed by atoms with Gasteiger partial charge in [0.15, 0.2) is 0 Å². The average Bonchev–Trinajstić information content (AvgIpc) is 3.11. The fourth-order valence-corrected chi connectivity index (χ4v) is 1.85. The van der Waals surface area contributed by atoms with E-state index in [1.165, 1.54) is 32.8 Å². The van der Waals surface area contributed by atoms with Crippen LogP contribution in [0.5, 0.6) is 0 Å². The Balaban J connectivity index is 2.23. The number of esters is 1. The van der Waals surface area contributed by atoms with Crippen molar-refractivity contribution in [2.24, 2.45) is 5.73 Å². The second kappa shape index (κ2) is 6.86. The van der Waals surface area contributed by atoms with Gasteiger partial charge in [-0.2, -0.15) is 0 Å². The highest BCUT2D eigenvalue weighted by Crippen LogP contribution is 2.27. The Bertz CT molecular complexity index is 217. The average molecular weight is 228 g/mol. The van der Waals surface area contributed by atoms with E-state index in [0.29, 0.717) is 6.42 Å². The maximum Gasteiger partial charge on any atom is 0.322 e. The van der Waals surface area contributed by atoms with Gasteiger partial charge in [0.1, 0.15) is 6.04 Å². The van der Waals surface area contributed by atoms with Crippen LogP contribution in [-0.4, -0.2) is 43.2 Å². The molecular formula is C12H24N2O2. The quantitative estimate of drug-likeness (QED) is 0.633. The van der Waals surface area contributed by atoms with Gasteiger partial charge in [0.25, 0.3) is 0 Å². The van der Waals surface area contributed by atoms with Gasteiger partial charge in [-0.25, -0.2) is 0 Å². The fourth-order valence-electron chi connectivity index (χ4n) is 1.85. The molecule has 2 N–H and O–H groups in total. The number of hydrogen-bond donors (Lipinski definition) is 1. The van der Waals surface area contributed by atoms with Crippen molar-refractivity contribution >= 4 is 5.97 Å². The molecule has 1 fully saturated rings. The summed E-state index contributed by atoms with van der Waals surface area (Å²) in [7, 11) is 1.39. The normalized spacial score (nSPS) is 17.5. The van der Waals surface area contributed by atoms with Crippen molar-refractivity contribution in [1.29, 1.82) is 0 Å². The molecule has 1 aliphatic carbocycles. The van der Waals surface area contributed by atoms with Crippen molar-refractivity contribution in [2.75, 3.05) is 20.2 Å². The van der Waals surface area contributed by atoms with Gasteiger partial charge in [-0.3, -0.25) is 4.79 Å². The summed E-state index contributed by atoms with van der Waals surface area (Å²) in [6, 6.07) is 0.282. The van der Waals surface area contributed by atoms with E-state index in [4.69, 9.17) is 5.73 Å². The van der Waals surface area contributed by atoms with E-state index in [0.717, 1.165) is 19.1 Å². The first kappa shape index (κ1) is 13.5. The van der Waals surface area contributed by atoms with Crippen molar-refractivity contribution in [1.82, 2.24) is 4.90 Å². The van der Waals surface area contributed by atoms with E-state index >= 15 is 0 Å². The smallest absolute Gasteiger partial charge is 0.322 e. The largest absolute Gasteiger partial charge is 0.468 e. The van der Waals surface area contributed by atoms with Crippen LogP contribution in [0, 0.1) is 0 Å². The third-order valence-corrected chi connectivity index (χ3v) is 3.09. The van der Waals surface area contributed by atoms with Crippen LogP contribution >= 0.6 is 0 Å². The molecule has 0 aromatic heterocycles. The van der Waals surface area contributed by atoms with Gasteiger partial charge >= 0.3 is 5.97 Å². The molecule has 1 aliphatic rings. The summed E-state index contributed by atoms with van der Waals surface area (Å²) in [4.78, 5) is 13.6. The number of nitrogens with zero attached hydrogens (tertiary/aromatic N) is 1. The van der Waals surface area contributed by atoms with Gasteiger partial charge < -0.3 is 15.4 Å². The predicted molar refractivity (Wildman–Crippen MR) is 64.1 cm³/mol. The van der Waals surface area contributed by atoms with Crippen LogP contribution in [0.2, 0.25) is 0 Å². The first-order valence-electron chi connectivity index (χ1n) is 6.26. The van der Waals surface area contributed by atoms with Gasteiger partial charge in [-0.05, 0) is 32.2 Å². The number of nitrogens with two attached hydrogens (primary N) is 1. The Morgan fingerprint density at radius 3 is 2.69 bits per heavy atom. The van der Waals surface area contributed by atoms with E-state index in [1.54, 1.807) is 0 Å². The number of unbranched alkanes of at least 4 members (excludes halogenated alkanes) is 1. The van der Waals surface area contributed by atoms with E-state index in [9.17, 15) is 4.79 Å². The maximum atomic E-state index is 11.2. The van der Waals surface area contributed by atoms with Crippen LogP contribution in [0.15, 0.2) is 0 Å². The van der Waals surface area contributed by atoms with Crippen LogP contribution in [0.25, 0.3) is 0 Å². The van der Waals surface area contributed by atoms with Crippen LogP contribution in [0.4, 0.5) is 0 Å². The van der Waals surface area contributed by atoms with Crippen molar-refractivity contribution in [3.8, 4) is 0 Å². The molecule has 1 unspecified atom stereocenters. The van der Waals surface area contributed by atoms with Crippen LogP contribution in [-0.2, 0) is 9.53 Å². The van der Waals surface area contributed by atoms with E-state index in [-0.39, 0.29) is 5.97 Å². The summed E-state index contributed by atoms with van der Waals surface area (Å²) >= 11 is 0. The molecule has 0 saturated heterocycles. The number of rotatable bonds is 8. The second-order valence-electron chi connectivity index (χ2n) is 4.54. The van der Waals surface area contributed by atoms with Crippen molar-refractivity contribution in [3.05, 3.63) is 0 Å². The number of methoxy groups -OCH3 is 1. The topological polar surface area (TPSA) is 55.6 Å². The maximum absolute atomic E-state index is 11.2. The molecule has 4 heteroatoms. The fraction of sp³-hybridized carbons (Fsp3) is 0.917. The summed E-state index contributed by atoms with van der Waals surface area (Å²) in [6.07, 6.45) is 5.75. The minimum atomic E-state index is -0.465. The summed E-state index contributed by atoms with van der Waals surface area (Å²) < 4.78 is 4.62. The zero-order chi connectivity index (χ0) is 12.0. The minimum absolute atomic E-state index is 0.300. The molecule has 1 saturated carbocycles. The highest BCUT2D eigenvalue weighted by Gasteiger charge is 2.28. The van der Waals surface area contributed by atoms with Gasteiger partial charge in [0.2, 0.25) is 0 Å². The molecule has 0 heterocycles. The number of carbonyl (C=O) groups is 1. The number of ether oxygens (including phenoxy) is 1. The number of carbonyl (C=O) groups excluding carboxylic acids is 1.